The van der Waals surface area contributed by atoms with E-state index < -0.39 is 11.8 Å². The normalized spacial score (nSPS) is 7.38. The molecule has 2 N–H and O–H groups in total. The highest BCUT2D eigenvalue weighted by Crippen LogP contribution is 1.67. The number of nitrogens with zero attached hydrogens (tertiary/aromatic N) is 1. The molecule has 0 radical (unpaired) electrons. The topological polar surface area (TPSA) is 82.0 Å². The van der Waals surface area contributed by atoms with Gasteiger partial charge in [-0.15, -0.1) is 5.92 Å². The summed E-state index contributed by atoms with van der Waals surface area (Å²) in [4.78, 5) is 21.6. The Morgan fingerprint density at radius 3 is 2.23 bits per heavy atom. The Balaban J connectivity index is 3.75. The molecular formula is C8H9N3O2. The molecular weight excluding hydrogens is 170 g/mol. The second-order valence-electron chi connectivity index (χ2n) is 1.95. The first-order valence-electron chi connectivity index (χ1n) is 3.55. The molecule has 0 aliphatic heterocycles. The van der Waals surface area contributed by atoms with Crippen LogP contribution in [0, 0.1) is 23.2 Å². The number of carbonyl (C=O) groups is 2. The maximum atomic E-state index is 10.8. The van der Waals surface area contributed by atoms with E-state index >= 15 is 0 Å². The molecule has 0 aliphatic rings. The molecule has 0 heterocycles. The number of nitriles is 1. The van der Waals surface area contributed by atoms with Crippen LogP contribution in [0.25, 0.3) is 0 Å². The summed E-state index contributed by atoms with van der Waals surface area (Å²) in [6, 6.07) is 1.68. The summed E-state index contributed by atoms with van der Waals surface area (Å²) in [6.45, 7) is 1.59. The molecule has 0 aromatic heterocycles. The van der Waals surface area contributed by atoms with Crippen molar-refractivity contribution in [1.82, 2.24) is 10.6 Å². The summed E-state index contributed by atoms with van der Waals surface area (Å²) < 4.78 is 0. The molecule has 68 valence electrons. The van der Waals surface area contributed by atoms with Gasteiger partial charge in [-0.05, 0) is 6.92 Å². The van der Waals surface area contributed by atoms with E-state index in [1.807, 2.05) is 0 Å². The molecule has 0 saturated heterocycles. The Hall–Kier alpha value is -2.01. The Morgan fingerprint density at radius 1 is 1.23 bits per heavy atom. The van der Waals surface area contributed by atoms with Gasteiger partial charge < -0.3 is 10.6 Å². The van der Waals surface area contributed by atoms with Gasteiger partial charge in [0.2, 0.25) is 0 Å². The van der Waals surface area contributed by atoms with Crippen molar-refractivity contribution in [3.8, 4) is 17.9 Å². The van der Waals surface area contributed by atoms with Crippen molar-refractivity contribution in [2.45, 2.75) is 6.92 Å². The van der Waals surface area contributed by atoms with Crippen LogP contribution >= 0.6 is 0 Å². The first kappa shape index (κ1) is 11.0. The van der Waals surface area contributed by atoms with E-state index in [1.165, 1.54) is 0 Å². The van der Waals surface area contributed by atoms with Gasteiger partial charge in [-0.1, -0.05) is 5.92 Å². The first-order valence-corrected chi connectivity index (χ1v) is 3.55. The molecule has 0 aromatic carbocycles. The van der Waals surface area contributed by atoms with Crippen LogP contribution in [0.3, 0.4) is 0 Å². The van der Waals surface area contributed by atoms with Gasteiger partial charge in [-0.25, -0.2) is 0 Å². The van der Waals surface area contributed by atoms with E-state index in [0.717, 1.165) is 0 Å². The zero-order chi connectivity index (χ0) is 10.1. The number of nitrogens with one attached hydrogen (secondary N) is 2. The molecule has 0 bridgehead atoms. The molecule has 5 nitrogen and oxygen atoms in total. The van der Waals surface area contributed by atoms with E-state index in [2.05, 4.69) is 22.5 Å². The van der Waals surface area contributed by atoms with Crippen molar-refractivity contribution < 1.29 is 9.59 Å². The zero-order valence-corrected chi connectivity index (χ0v) is 7.18. The summed E-state index contributed by atoms with van der Waals surface area (Å²) in [5, 5.41) is 12.4. The SMILES string of the molecule is CC#CCNC(=O)C(=O)NCC#N. The quantitative estimate of drug-likeness (QED) is 0.316. The van der Waals surface area contributed by atoms with Crippen LogP contribution < -0.4 is 10.6 Å². The van der Waals surface area contributed by atoms with Gasteiger partial charge in [0, 0.05) is 0 Å². The third kappa shape index (κ3) is 5.28. The monoisotopic (exact) mass is 179 g/mol. The van der Waals surface area contributed by atoms with E-state index in [0.29, 0.717) is 0 Å². The Morgan fingerprint density at radius 2 is 1.77 bits per heavy atom. The van der Waals surface area contributed by atoms with Gasteiger partial charge in [0.05, 0.1) is 12.6 Å². The molecule has 5 heteroatoms. The largest absolute Gasteiger partial charge is 0.337 e. The molecule has 0 aromatic rings. The second-order valence-corrected chi connectivity index (χ2v) is 1.95. The molecule has 0 spiro atoms. The summed E-state index contributed by atoms with van der Waals surface area (Å²) in [5.74, 6) is 3.52. The molecule has 0 rings (SSSR count). The minimum Gasteiger partial charge on any atom is -0.337 e. The first-order chi connectivity index (χ1) is 6.22. The zero-order valence-electron chi connectivity index (χ0n) is 7.18. The predicted molar refractivity (Wildman–Crippen MR) is 45.1 cm³/mol. The lowest BCUT2D eigenvalue weighted by Gasteiger charge is -1.99. The van der Waals surface area contributed by atoms with Crippen LogP contribution in [0.1, 0.15) is 6.92 Å². The second kappa shape index (κ2) is 6.68. The van der Waals surface area contributed by atoms with Crippen molar-refractivity contribution in [1.29, 1.82) is 5.26 Å². The van der Waals surface area contributed by atoms with Crippen molar-refractivity contribution >= 4 is 11.8 Å². The average Bonchev–Trinajstić information content (AvgIpc) is 2.14. The van der Waals surface area contributed by atoms with Crippen LogP contribution in [-0.2, 0) is 9.59 Å². The Bertz CT molecular complexity index is 293. The van der Waals surface area contributed by atoms with Crippen LogP contribution in [0.2, 0.25) is 0 Å². The number of amides is 2. The smallest absolute Gasteiger partial charge is 0.310 e. The molecule has 13 heavy (non-hydrogen) atoms. The van der Waals surface area contributed by atoms with Crippen molar-refractivity contribution in [2.24, 2.45) is 0 Å². The Kier molecular flexibility index (Phi) is 5.65. The summed E-state index contributed by atoms with van der Waals surface area (Å²) in [5.41, 5.74) is 0. The minimum atomic E-state index is -0.820. The lowest BCUT2D eigenvalue weighted by atomic mass is 10.5. The Labute approximate surface area is 76.1 Å². The fourth-order valence-corrected chi connectivity index (χ4v) is 0.493. The lowest BCUT2D eigenvalue weighted by Crippen LogP contribution is -2.40. The standard InChI is InChI=1S/C8H9N3O2/c1-2-3-5-10-7(12)8(13)11-6-4-9/h5-6H2,1H3,(H,10,12)(H,11,13). The van der Waals surface area contributed by atoms with E-state index in [9.17, 15) is 9.59 Å². The molecule has 0 unspecified atom stereocenters. The lowest BCUT2D eigenvalue weighted by molar-refractivity contribution is -0.138. The fraction of sp³-hybridized carbons (Fsp3) is 0.375. The molecule has 2 amide bonds. The average molecular weight is 179 g/mol. The maximum absolute atomic E-state index is 10.8. The van der Waals surface area contributed by atoms with E-state index in [4.69, 9.17) is 5.26 Å². The van der Waals surface area contributed by atoms with Crippen molar-refractivity contribution in [2.75, 3.05) is 13.1 Å². The van der Waals surface area contributed by atoms with E-state index in [1.54, 1.807) is 13.0 Å². The number of carbonyl (C=O) groups excluding carboxylic acids is 2. The van der Waals surface area contributed by atoms with Gasteiger partial charge in [0.15, 0.2) is 0 Å². The van der Waals surface area contributed by atoms with Gasteiger partial charge >= 0.3 is 11.8 Å². The molecule has 0 fully saturated rings. The number of hydrogen-bond acceptors (Lipinski definition) is 3. The number of hydrogen-bond donors (Lipinski definition) is 2. The highest BCUT2D eigenvalue weighted by atomic mass is 16.2. The summed E-state index contributed by atoms with van der Waals surface area (Å²) in [7, 11) is 0. The molecule has 0 atom stereocenters. The summed E-state index contributed by atoms with van der Waals surface area (Å²) in [6.07, 6.45) is 0. The number of rotatable bonds is 2. The molecule has 0 saturated carbocycles. The van der Waals surface area contributed by atoms with Gasteiger partial charge in [0.1, 0.15) is 6.54 Å². The van der Waals surface area contributed by atoms with Crippen molar-refractivity contribution in [3.05, 3.63) is 0 Å². The minimum absolute atomic E-state index is 0.134. The molecule has 0 aliphatic carbocycles. The maximum Gasteiger partial charge on any atom is 0.310 e. The van der Waals surface area contributed by atoms with Crippen molar-refractivity contribution in [3.63, 3.8) is 0 Å². The highest BCUT2D eigenvalue weighted by Gasteiger charge is 2.10. The third-order valence-corrected chi connectivity index (χ3v) is 1.05. The van der Waals surface area contributed by atoms with Gasteiger partial charge in [-0.3, -0.25) is 9.59 Å². The van der Waals surface area contributed by atoms with Crippen LogP contribution in [0.5, 0.6) is 0 Å². The van der Waals surface area contributed by atoms with Gasteiger partial charge in [-0.2, -0.15) is 5.26 Å². The summed E-state index contributed by atoms with van der Waals surface area (Å²) >= 11 is 0. The van der Waals surface area contributed by atoms with Crippen LogP contribution in [0.15, 0.2) is 0 Å². The van der Waals surface area contributed by atoms with Crippen LogP contribution in [0.4, 0.5) is 0 Å². The van der Waals surface area contributed by atoms with Crippen LogP contribution in [-0.4, -0.2) is 24.9 Å². The van der Waals surface area contributed by atoms with Gasteiger partial charge in [0.25, 0.3) is 0 Å². The fourth-order valence-electron chi connectivity index (χ4n) is 0.493. The predicted octanol–water partition coefficient (Wildman–Crippen LogP) is -1.23. The third-order valence-electron chi connectivity index (χ3n) is 1.05. The highest BCUT2D eigenvalue weighted by molar-refractivity contribution is 6.35. The van der Waals surface area contributed by atoms with E-state index in [-0.39, 0.29) is 13.1 Å².